The van der Waals surface area contributed by atoms with Crippen LogP contribution in [0.1, 0.15) is 57.9 Å². The van der Waals surface area contributed by atoms with Crippen molar-refractivity contribution < 1.29 is 21.9 Å². The van der Waals surface area contributed by atoms with Crippen molar-refractivity contribution in [1.82, 2.24) is 9.97 Å². The second-order valence-electron chi connectivity index (χ2n) is 8.95. The number of amidine groups is 1. The lowest BCUT2D eigenvalue weighted by Crippen LogP contribution is -2.55. The molecule has 0 saturated heterocycles. The molecule has 35 heavy (non-hydrogen) atoms. The predicted molar refractivity (Wildman–Crippen MR) is 132 cm³/mol. The van der Waals surface area contributed by atoms with Gasteiger partial charge < -0.3 is 10.5 Å². The van der Waals surface area contributed by atoms with Crippen molar-refractivity contribution >= 4 is 27.6 Å². The maximum Gasteiger partial charge on any atom is 0.233 e. The van der Waals surface area contributed by atoms with Crippen LogP contribution < -0.4 is 10.5 Å². The summed E-state index contributed by atoms with van der Waals surface area (Å²) in [6.07, 6.45) is 3.97. The van der Waals surface area contributed by atoms with Gasteiger partial charge in [0.15, 0.2) is 21.8 Å². The summed E-state index contributed by atoms with van der Waals surface area (Å²) in [4.78, 5) is 12.4. The number of nitrogens with zero attached hydrogens (tertiary/aromatic N) is 3. The molecule has 10 heteroatoms. The lowest BCUT2D eigenvalue weighted by atomic mass is 9.91. The molecular formula is C25H28F2N4O3S. The van der Waals surface area contributed by atoms with Gasteiger partial charge in [0.25, 0.3) is 0 Å². The van der Waals surface area contributed by atoms with E-state index in [1.165, 1.54) is 45.3 Å². The fraction of sp³-hybridized carbons (Fsp3) is 0.400. The molecule has 7 nitrogen and oxygen atoms in total. The van der Waals surface area contributed by atoms with Crippen LogP contribution in [-0.4, -0.2) is 40.8 Å². The van der Waals surface area contributed by atoms with Gasteiger partial charge in [-0.15, -0.1) is 0 Å². The topological polar surface area (TPSA) is 108 Å². The summed E-state index contributed by atoms with van der Waals surface area (Å²) < 4.78 is 59.5. The summed E-state index contributed by atoms with van der Waals surface area (Å²) in [6.45, 7) is 8.10. The number of nitrogens with two attached hydrogens (primary N) is 1. The standard InChI is InChI=1S/C25H28F2N4O3S/c1-6-7-8-16(2)34-22-14-29-21(13-30-22)20(27)12-17-9-10-19(26)18(11-17)25(5)15-35(32,33)24(3,4)23(28)31-25/h9-14,16H,6,15H2,1-5H3,(H2,28,31)/b20-12-. The first-order valence-electron chi connectivity index (χ1n) is 11.0. The van der Waals surface area contributed by atoms with Crippen LogP contribution in [0.4, 0.5) is 8.78 Å². The normalized spacial score (nSPS) is 21.9. The molecule has 0 bridgehead atoms. The fourth-order valence-corrected chi connectivity index (χ4v) is 5.19. The molecule has 0 fully saturated rings. The Morgan fingerprint density at radius 3 is 2.60 bits per heavy atom. The maximum absolute atomic E-state index is 14.9. The number of rotatable bonds is 5. The van der Waals surface area contributed by atoms with Gasteiger partial charge in [0.2, 0.25) is 5.88 Å². The summed E-state index contributed by atoms with van der Waals surface area (Å²) in [5.74, 6) is 4.07. The SMILES string of the molecule is CCC#CC(C)Oc1cnc(/C(F)=C/c2ccc(F)c(C3(C)CS(=O)(=O)C(C)(C)C(N)=N3)c2)cn1. The second-order valence-corrected chi connectivity index (χ2v) is 11.5. The minimum absolute atomic E-state index is 0.00177. The van der Waals surface area contributed by atoms with Crippen LogP contribution in [0.25, 0.3) is 11.9 Å². The molecule has 1 aromatic carbocycles. The third-order valence-electron chi connectivity index (χ3n) is 5.75. The van der Waals surface area contributed by atoms with E-state index in [0.29, 0.717) is 12.0 Å². The Hall–Kier alpha value is -3.32. The Morgan fingerprint density at radius 2 is 2.00 bits per heavy atom. The molecule has 0 spiro atoms. The first-order valence-corrected chi connectivity index (χ1v) is 12.7. The van der Waals surface area contributed by atoms with Gasteiger partial charge in [-0.25, -0.2) is 27.2 Å². The molecule has 1 aromatic heterocycles. The zero-order chi connectivity index (χ0) is 26.0. The van der Waals surface area contributed by atoms with Gasteiger partial charge in [-0.3, -0.25) is 4.99 Å². The number of halogens is 2. The first-order chi connectivity index (χ1) is 16.3. The third-order valence-corrected chi connectivity index (χ3v) is 8.46. The van der Waals surface area contributed by atoms with Crippen LogP contribution in [0.5, 0.6) is 5.88 Å². The highest BCUT2D eigenvalue weighted by atomic mass is 32.2. The van der Waals surface area contributed by atoms with E-state index in [1.54, 1.807) is 6.92 Å². The maximum atomic E-state index is 14.9. The van der Waals surface area contributed by atoms with Crippen molar-refractivity contribution in [2.75, 3.05) is 5.75 Å². The summed E-state index contributed by atoms with van der Waals surface area (Å²) in [6, 6.07) is 3.87. The van der Waals surface area contributed by atoms with E-state index in [2.05, 4.69) is 26.8 Å². The van der Waals surface area contributed by atoms with Crippen molar-refractivity contribution in [2.45, 2.75) is 57.4 Å². The number of aromatic nitrogens is 2. The van der Waals surface area contributed by atoms with E-state index in [9.17, 15) is 17.2 Å². The van der Waals surface area contributed by atoms with Gasteiger partial charge in [0.1, 0.15) is 27.6 Å². The number of hydrogen-bond acceptors (Lipinski definition) is 7. The molecule has 2 atom stereocenters. The molecule has 2 heterocycles. The average Bonchev–Trinajstić information content (AvgIpc) is 2.78. The smallest absolute Gasteiger partial charge is 0.233 e. The van der Waals surface area contributed by atoms with Gasteiger partial charge in [-0.2, -0.15) is 0 Å². The molecule has 0 saturated carbocycles. The van der Waals surface area contributed by atoms with Crippen molar-refractivity contribution in [3.8, 4) is 17.7 Å². The molecule has 1 aliphatic heterocycles. The van der Waals surface area contributed by atoms with Gasteiger partial charge in [-0.05, 0) is 51.5 Å². The number of sulfone groups is 1. The van der Waals surface area contributed by atoms with Crippen molar-refractivity contribution in [3.05, 3.63) is 53.2 Å². The molecule has 2 N–H and O–H groups in total. The number of hydrogen-bond donors (Lipinski definition) is 1. The molecule has 0 aliphatic carbocycles. The summed E-state index contributed by atoms with van der Waals surface area (Å²) in [5.41, 5.74) is 4.74. The molecule has 3 rings (SSSR count). The monoisotopic (exact) mass is 502 g/mol. The van der Waals surface area contributed by atoms with E-state index < -0.39 is 37.5 Å². The Bertz CT molecular complexity index is 1340. The van der Waals surface area contributed by atoms with Crippen LogP contribution in [0.15, 0.2) is 35.6 Å². The third kappa shape index (κ3) is 5.51. The largest absolute Gasteiger partial charge is 0.460 e. The Morgan fingerprint density at radius 1 is 1.29 bits per heavy atom. The average molecular weight is 503 g/mol. The van der Waals surface area contributed by atoms with Crippen molar-refractivity contribution in [2.24, 2.45) is 10.7 Å². The number of benzene rings is 1. The molecule has 0 amide bonds. The molecule has 2 aromatic rings. The van der Waals surface area contributed by atoms with Gasteiger partial charge in [0, 0.05) is 12.0 Å². The summed E-state index contributed by atoms with van der Waals surface area (Å²) >= 11 is 0. The molecule has 2 unspecified atom stereocenters. The quantitative estimate of drug-likeness (QED) is 0.619. The molecule has 186 valence electrons. The Kier molecular flexibility index (Phi) is 7.31. The Labute approximate surface area is 204 Å². The van der Waals surface area contributed by atoms with Gasteiger partial charge in [-0.1, -0.05) is 24.8 Å². The van der Waals surface area contributed by atoms with Crippen LogP contribution >= 0.6 is 0 Å². The Balaban J connectivity index is 1.90. The van der Waals surface area contributed by atoms with Crippen LogP contribution in [0, 0.1) is 17.7 Å². The lowest BCUT2D eigenvalue weighted by molar-refractivity contribution is 0.266. The van der Waals surface area contributed by atoms with E-state index in [0.717, 1.165) is 12.1 Å². The number of ether oxygens (including phenoxy) is 1. The lowest BCUT2D eigenvalue weighted by Gasteiger charge is -2.38. The second kappa shape index (κ2) is 9.74. The van der Waals surface area contributed by atoms with Crippen molar-refractivity contribution in [1.29, 1.82) is 0 Å². The zero-order valence-corrected chi connectivity index (χ0v) is 21.1. The van der Waals surface area contributed by atoms with E-state index in [1.807, 2.05) is 6.92 Å². The minimum Gasteiger partial charge on any atom is -0.460 e. The van der Waals surface area contributed by atoms with Crippen LogP contribution in [0.3, 0.4) is 0 Å². The fourth-order valence-electron chi connectivity index (χ4n) is 3.50. The number of aliphatic imine (C=N–C) groups is 1. The summed E-state index contributed by atoms with van der Waals surface area (Å²) in [5, 5.41) is 0. The highest BCUT2D eigenvalue weighted by Gasteiger charge is 2.49. The van der Waals surface area contributed by atoms with Gasteiger partial charge >= 0.3 is 0 Å². The summed E-state index contributed by atoms with van der Waals surface area (Å²) in [7, 11) is -3.73. The van der Waals surface area contributed by atoms with Crippen LogP contribution in [-0.2, 0) is 15.4 Å². The highest BCUT2D eigenvalue weighted by Crippen LogP contribution is 2.38. The van der Waals surface area contributed by atoms with Gasteiger partial charge in [0.05, 0.1) is 18.1 Å². The van der Waals surface area contributed by atoms with Crippen LogP contribution in [0.2, 0.25) is 0 Å². The first kappa shape index (κ1) is 26.3. The molecule has 0 radical (unpaired) electrons. The predicted octanol–water partition coefficient (Wildman–Crippen LogP) is 4.04. The van der Waals surface area contributed by atoms with E-state index >= 15 is 0 Å². The minimum atomic E-state index is -3.73. The molecular weight excluding hydrogens is 474 g/mol. The molecule has 1 aliphatic rings. The van der Waals surface area contributed by atoms with Crippen molar-refractivity contribution in [3.63, 3.8) is 0 Å². The van der Waals surface area contributed by atoms with E-state index in [4.69, 9.17) is 10.5 Å². The zero-order valence-electron chi connectivity index (χ0n) is 20.3. The highest BCUT2D eigenvalue weighted by molar-refractivity contribution is 7.93. The van der Waals surface area contributed by atoms with E-state index in [-0.39, 0.29) is 29.1 Å².